The highest BCUT2D eigenvalue weighted by atomic mass is 32.1. The Kier molecular flexibility index (Phi) is 3.70. The molecule has 0 radical (unpaired) electrons. The summed E-state index contributed by atoms with van der Waals surface area (Å²) in [6.07, 6.45) is 0.675. The molecule has 0 saturated carbocycles. The number of aromatic carboxylic acids is 1. The zero-order valence-corrected chi connectivity index (χ0v) is 10.9. The lowest BCUT2D eigenvalue weighted by Crippen LogP contribution is -2.28. The Bertz CT molecular complexity index is 391. The van der Waals surface area contributed by atoms with Gasteiger partial charge in [-0.15, -0.1) is 11.3 Å². The maximum absolute atomic E-state index is 11.1. The minimum absolute atomic E-state index is 0.322. The van der Waals surface area contributed by atoms with Gasteiger partial charge in [0.25, 0.3) is 0 Å². The second kappa shape index (κ2) is 4.51. The van der Waals surface area contributed by atoms with E-state index in [0.29, 0.717) is 27.9 Å². The number of carboxylic acids is 1. The van der Waals surface area contributed by atoms with Crippen LogP contribution in [-0.4, -0.2) is 16.1 Å². The van der Waals surface area contributed by atoms with Crippen molar-refractivity contribution in [1.29, 1.82) is 0 Å². The van der Waals surface area contributed by atoms with Gasteiger partial charge in [-0.05, 0) is 26.2 Å². The van der Waals surface area contributed by atoms with Crippen LogP contribution >= 0.6 is 11.3 Å². The van der Waals surface area contributed by atoms with Gasteiger partial charge in [-0.2, -0.15) is 0 Å². The van der Waals surface area contributed by atoms with Gasteiger partial charge in [-0.25, -0.2) is 9.78 Å². The van der Waals surface area contributed by atoms with Crippen molar-refractivity contribution >= 4 is 17.3 Å². The van der Waals surface area contributed by atoms with E-state index in [2.05, 4.69) is 4.98 Å². The maximum atomic E-state index is 11.1. The van der Waals surface area contributed by atoms with Crippen LogP contribution in [-0.2, 0) is 12.0 Å². The molecule has 1 aromatic heterocycles. The summed E-state index contributed by atoms with van der Waals surface area (Å²) in [5.41, 5.74) is 6.00. The highest BCUT2D eigenvalue weighted by Gasteiger charge is 2.25. The Hall–Kier alpha value is -0.940. The lowest BCUT2D eigenvalue weighted by molar-refractivity contribution is 0.0700. The molecule has 16 heavy (non-hydrogen) atoms. The first-order valence-corrected chi connectivity index (χ1v) is 6.05. The second-order valence-corrected chi connectivity index (χ2v) is 5.92. The molecule has 0 aliphatic heterocycles. The van der Waals surface area contributed by atoms with E-state index in [1.165, 1.54) is 11.3 Å². The van der Waals surface area contributed by atoms with Crippen LogP contribution in [0.25, 0.3) is 0 Å². The topological polar surface area (TPSA) is 76.2 Å². The molecule has 90 valence electrons. The molecule has 1 aromatic rings. The zero-order valence-electron chi connectivity index (χ0n) is 10.1. The van der Waals surface area contributed by atoms with Gasteiger partial charge < -0.3 is 10.8 Å². The summed E-state index contributed by atoms with van der Waals surface area (Å²) in [6, 6.07) is 0. The highest BCUT2D eigenvalue weighted by molar-refractivity contribution is 7.13. The molecular formula is C11H18N2O2S. The highest BCUT2D eigenvalue weighted by Crippen LogP contribution is 2.27. The molecule has 0 spiro atoms. The number of hydrogen-bond donors (Lipinski definition) is 2. The Morgan fingerprint density at radius 1 is 1.56 bits per heavy atom. The monoisotopic (exact) mass is 242 g/mol. The molecule has 0 amide bonds. The van der Waals surface area contributed by atoms with Crippen LogP contribution in [0.5, 0.6) is 0 Å². The first kappa shape index (κ1) is 13.1. The fourth-order valence-electron chi connectivity index (χ4n) is 1.32. The first-order valence-electron chi connectivity index (χ1n) is 5.24. The third-order valence-corrected chi connectivity index (χ3v) is 3.47. The number of aromatic nitrogens is 1. The molecule has 3 N–H and O–H groups in total. The minimum Gasteiger partial charge on any atom is -0.477 e. The summed E-state index contributed by atoms with van der Waals surface area (Å²) in [5, 5.41) is 9.77. The van der Waals surface area contributed by atoms with Crippen molar-refractivity contribution in [3.63, 3.8) is 0 Å². The summed E-state index contributed by atoms with van der Waals surface area (Å²) in [4.78, 5) is 15.8. The summed E-state index contributed by atoms with van der Waals surface area (Å²) in [6.45, 7) is 7.74. The molecule has 1 heterocycles. The van der Waals surface area contributed by atoms with E-state index in [0.717, 1.165) is 0 Å². The number of nitrogens with zero attached hydrogens (tertiary/aromatic N) is 1. The van der Waals surface area contributed by atoms with Crippen molar-refractivity contribution in [2.24, 2.45) is 11.7 Å². The number of hydrogen-bond acceptors (Lipinski definition) is 4. The molecule has 0 bridgehead atoms. The van der Waals surface area contributed by atoms with Crippen molar-refractivity contribution in [1.82, 2.24) is 4.98 Å². The largest absolute Gasteiger partial charge is 0.477 e. The summed E-state index contributed by atoms with van der Waals surface area (Å²) >= 11 is 1.18. The molecule has 0 fully saturated rings. The smallest absolute Gasteiger partial charge is 0.347 e. The number of carboxylic acid groups (broad SMARTS) is 1. The van der Waals surface area contributed by atoms with E-state index in [-0.39, 0.29) is 0 Å². The van der Waals surface area contributed by atoms with Crippen LogP contribution in [0, 0.1) is 5.92 Å². The van der Waals surface area contributed by atoms with E-state index in [1.54, 1.807) is 0 Å². The van der Waals surface area contributed by atoms with Crippen molar-refractivity contribution < 1.29 is 9.90 Å². The number of carbonyl (C=O) groups is 1. The van der Waals surface area contributed by atoms with Crippen molar-refractivity contribution in [2.45, 2.75) is 39.7 Å². The first-order chi connectivity index (χ1) is 7.21. The SMILES string of the molecule is CC(C)Cc1nc(C(C)(C)N)sc1C(=O)O. The van der Waals surface area contributed by atoms with Gasteiger partial charge in [0.1, 0.15) is 9.88 Å². The van der Waals surface area contributed by atoms with Crippen LogP contribution in [0.1, 0.15) is 48.1 Å². The fourth-order valence-corrected chi connectivity index (χ4v) is 2.27. The van der Waals surface area contributed by atoms with Crippen molar-refractivity contribution in [3.8, 4) is 0 Å². The molecule has 4 nitrogen and oxygen atoms in total. The summed E-state index contributed by atoms with van der Waals surface area (Å²) < 4.78 is 0. The lowest BCUT2D eigenvalue weighted by atomic mass is 10.1. The normalized spacial score (nSPS) is 12.1. The van der Waals surface area contributed by atoms with E-state index >= 15 is 0 Å². The molecule has 0 aromatic carbocycles. The quantitative estimate of drug-likeness (QED) is 0.849. The molecule has 0 aliphatic carbocycles. The third-order valence-electron chi connectivity index (χ3n) is 2.04. The predicted molar refractivity (Wildman–Crippen MR) is 64.8 cm³/mol. The van der Waals surface area contributed by atoms with Crippen LogP contribution in [0.4, 0.5) is 0 Å². The lowest BCUT2D eigenvalue weighted by Gasteiger charge is -2.13. The van der Waals surface area contributed by atoms with Crippen LogP contribution in [0.3, 0.4) is 0 Å². The van der Waals surface area contributed by atoms with Crippen LogP contribution in [0.2, 0.25) is 0 Å². The Morgan fingerprint density at radius 3 is 2.50 bits per heavy atom. The van der Waals surface area contributed by atoms with Crippen molar-refractivity contribution in [2.75, 3.05) is 0 Å². The van der Waals surface area contributed by atoms with Gasteiger partial charge in [-0.3, -0.25) is 0 Å². The van der Waals surface area contributed by atoms with E-state index < -0.39 is 11.5 Å². The van der Waals surface area contributed by atoms with Crippen molar-refractivity contribution in [3.05, 3.63) is 15.6 Å². The Labute approximate surface area is 99.5 Å². The molecule has 0 atom stereocenters. The molecule has 0 aliphatic rings. The molecular weight excluding hydrogens is 224 g/mol. The summed E-state index contributed by atoms with van der Waals surface area (Å²) in [5.74, 6) is -0.530. The molecule has 5 heteroatoms. The third kappa shape index (κ3) is 3.02. The van der Waals surface area contributed by atoms with Crippen LogP contribution in [0.15, 0.2) is 0 Å². The van der Waals surface area contributed by atoms with E-state index in [9.17, 15) is 4.79 Å². The summed E-state index contributed by atoms with van der Waals surface area (Å²) in [7, 11) is 0. The Morgan fingerprint density at radius 2 is 2.12 bits per heavy atom. The van der Waals surface area contributed by atoms with E-state index in [4.69, 9.17) is 10.8 Å². The zero-order chi connectivity index (χ0) is 12.5. The predicted octanol–water partition coefficient (Wildman–Crippen LogP) is 2.23. The second-order valence-electron chi connectivity index (χ2n) is 4.92. The maximum Gasteiger partial charge on any atom is 0.347 e. The van der Waals surface area contributed by atoms with Gasteiger partial charge in [0.15, 0.2) is 0 Å². The standard InChI is InChI=1S/C11H18N2O2S/c1-6(2)5-7-8(9(14)15)16-10(13-7)11(3,4)12/h6H,5,12H2,1-4H3,(H,14,15). The van der Waals surface area contributed by atoms with Gasteiger partial charge in [0.2, 0.25) is 0 Å². The number of nitrogens with two attached hydrogens (primary N) is 1. The molecule has 1 rings (SSSR count). The number of thiazole rings is 1. The van der Waals surface area contributed by atoms with Crippen LogP contribution < -0.4 is 5.73 Å². The Balaban J connectivity index is 3.15. The fraction of sp³-hybridized carbons (Fsp3) is 0.636. The average molecular weight is 242 g/mol. The molecule has 0 saturated heterocycles. The van der Waals surface area contributed by atoms with Gasteiger partial charge in [0, 0.05) is 0 Å². The van der Waals surface area contributed by atoms with Gasteiger partial charge >= 0.3 is 5.97 Å². The minimum atomic E-state index is -0.913. The van der Waals surface area contributed by atoms with Gasteiger partial charge in [-0.1, -0.05) is 13.8 Å². The number of rotatable bonds is 4. The average Bonchev–Trinajstić information content (AvgIpc) is 2.45. The molecule has 0 unspecified atom stereocenters. The van der Waals surface area contributed by atoms with Gasteiger partial charge in [0.05, 0.1) is 11.2 Å². The van der Waals surface area contributed by atoms with E-state index in [1.807, 2.05) is 27.7 Å².